The van der Waals surface area contributed by atoms with Gasteiger partial charge in [-0.25, -0.2) is 0 Å². The van der Waals surface area contributed by atoms with E-state index in [1.165, 1.54) is 5.56 Å². The first-order valence-electron chi connectivity index (χ1n) is 5.12. The summed E-state index contributed by atoms with van der Waals surface area (Å²) in [5.41, 5.74) is 1.32. The Balaban J connectivity index is 2.67. The molecule has 0 aliphatic rings. The van der Waals surface area contributed by atoms with Gasteiger partial charge in [0.25, 0.3) is 0 Å². The predicted molar refractivity (Wildman–Crippen MR) is 59.4 cm³/mol. The smallest absolute Gasteiger partial charge is 0.0446 e. The van der Waals surface area contributed by atoms with E-state index in [-0.39, 0.29) is 6.61 Å². The van der Waals surface area contributed by atoms with E-state index < -0.39 is 0 Å². The maximum absolute atomic E-state index is 8.92. The molecule has 1 aromatic rings. The van der Waals surface area contributed by atoms with Crippen molar-refractivity contribution in [2.24, 2.45) is 0 Å². The first-order chi connectivity index (χ1) is 6.79. The normalized spacial score (nSPS) is 15.1. The van der Waals surface area contributed by atoms with Gasteiger partial charge in [-0.2, -0.15) is 0 Å². The molecule has 0 radical (unpaired) electrons. The van der Waals surface area contributed by atoms with E-state index in [2.05, 4.69) is 36.5 Å². The van der Waals surface area contributed by atoms with Crippen LogP contribution < -0.4 is 5.32 Å². The summed E-state index contributed by atoms with van der Waals surface area (Å²) in [7, 11) is 1.94. The lowest BCUT2D eigenvalue weighted by Crippen LogP contribution is -2.31. The van der Waals surface area contributed by atoms with E-state index in [4.69, 9.17) is 5.11 Å². The second-order valence-corrected chi connectivity index (χ2v) is 3.61. The number of likely N-dealkylation sites (N-methyl/N-ethyl adjacent to an activating group) is 1. The van der Waals surface area contributed by atoms with Crippen molar-refractivity contribution in [3.8, 4) is 0 Å². The number of rotatable bonds is 5. The van der Waals surface area contributed by atoms with Crippen molar-refractivity contribution in [2.75, 3.05) is 13.7 Å². The number of nitrogens with one attached hydrogen (secondary N) is 1. The zero-order valence-electron chi connectivity index (χ0n) is 8.90. The van der Waals surface area contributed by atoms with Crippen LogP contribution in [0.3, 0.4) is 0 Å². The Kier molecular flexibility index (Phi) is 4.63. The topological polar surface area (TPSA) is 32.3 Å². The molecule has 0 heterocycles. The highest BCUT2D eigenvalue weighted by Crippen LogP contribution is 2.20. The Morgan fingerprint density at radius 2 is 1.93 bits per heavy atom. The van der Waals surface area contributed by atoms with Gasteiger partial charge in [0.1, 0.15) is 0 Å². The fourth-order valence-corrected chi connectivity index (χ4v) is 1.77. The van der Waals surface area contributed by atoms with Crippen LogP contribution in [-0.2, 0) is 0 Å². The molecule has 2 heteroatoms. The summed E-state index contributed by atoms with van der Waals surface area (Å²) in [6, 6.07) is 10.7. The van der Waals surface area contributed by atoms with Gasteiger partial charge in [0, 0.05) is 12.6 Å². The molecule has 0 saturated carbocycles. The van der Waals surface area contributed by atoms with Crippen molar-refractivity contribution < 1.29 is 5.11 Å². The molecular weight excluding hydrogens is 174 g/mol. The lowest BCUT2D eigenvalue weighted by Gasteiger charge is -2.23. The van der Waals surface area contributed by atoms with Gasteiger partial charge in [-0.05, 0) is 24.9 Å². The summed E-state index contributed by atoms with van der Waals surface area (Å²) in [6.45, 7) is 2.43. The summed E-state index contributed by atoms with van der Waals surface area (Å²) < 4.78 is 0. The molecule has 0 spiro atoms. The van der Waals surface area contributed by atoms with Crippen LogP contribution in [0.5, 0.6) is 0 Å². The van der Waals surface area contributed by atoms with Crippen LogP contribution >= 0.6 is 0 Å². The monoisotopic (exact) mass is 193 g/mol. The third-order valence-electron chi connectivity index (χ3n) is 2.74. The predicted octanol–water partition coefficient (Wildman–Crippen LogP) is 1.76. The summed E-state index contributed by atoms with van der Waals surface area (Å²) in [6.07, 6.45) is 0.798. The standard InChI is InChI=1S/C12H19NO/c1-10(12(13-2)8-9-14)11-6-4-3-5-7-11/h3-7,10,12-14H,8-9H2,1-2H3. The minimum Gasteiger partial charge on any atom is -0.396 e. The average Bonchev–Trinajstić information content (AvgIpc) is 2.26. The second kappa shape index (κ2) is 5.78. The third-order valence-corrected chi connectivity index (χ3v) is 2.74. The molecular formula is C12H19NO. The van der Waals surface area contributed by atoms with E-state index in [0.29, 0.717) is 12.0 Å². The van der Waals surface area contributed by atoms with Crippen molar-refractivity contribution >= 4 is 0 Å². The van der Waals surface area contributed by atoms with E-state index in [9.17, 15) is 0 Å². The first-order valence-corrected chi connectivity index (χ1v) is 5.12. The average molecular weight is 193 g/mol. The fraction of sp³-hybridized carbons (Fsp3) is 0.500. The van der Waals surface area contributed by atoms with Crippen molar-refractivity contribution in [2.45, 2.75) is 25.3 Å². The molecule has 0 aliphatic carbocycles. The molecule has 0 saturated heterocycles. The van der Waals surface area contributed by atoms with Crippen LogP contribution in [0.25, 0.3) is 0 Å². The largest absolute Gasteiger partial charge is 0.396 e. The highest BCUT2D eigenvalue weighted by molar-refractivity contribution is 5.20. The lowest BCUT2D eigenvalue weighted by atomic mass is 9.92. The molecule has 2 unspecified atom stereocenters. The molecule has 0 aliphatic heterocycles. The number of hydrogen-bond acceptors (Lipinski definition) is 2. The molecule has 1 aromatic carbocycles. The molecule has 78 valence electrons. The Morgan fingerprint density at radius 1 is 1.29 bits per heavy atom. The van der Waals surface area contributed by atoms with Crippen LogP contribution in [0, 0.1) is 0 Å². The quantitative estimate of drug-likeness (QED) is 0.747. The highest BCUT2D eigenvalue weighted by Gasteiger charge is 2.15. The van der Waals surface area contributed by atoms with E-state index in [1.54, 1.807) is 0 Å². The van der Waals surface area contributed by atoms with Crippen LogP contribution in [0.2, 0.25) is 0 Å². The van der Waals surface area contributed by atoms with Crippen molar-refractivity contribution in [3.05, 3.63) is 35.9 Å². The molecule has 1 rings (SSSR count). The SMILES string of the molecule is CNC(CCO)C(C)c1ccccc1. The Labute approximate surface area is 86.0 Å². The molecule has 0 amide bonds. The Bertz CT molecular complexity index is 248. The van der Waals surface area contributed by atoms with Gasteiger partial charge in [-0.3, -0.25) is 0 Å². The van der Waals surface area contributed by atoms with Gasteiger partial charge in [-0.1, -0.05) is 37.3 Å². The maximum Gasteiger partial charge on any atom is 0.0446 e. The lowest BCUT2D eigenvalue weighted by molar-refractivity contribution is 0.259. The van der Waals surface area contributed by atoms with Crippen molar-refractivity contribution in [3.63, 3.8) is 0 Å². The van der Waals surface area contributed by atoms with Crippen LogP contribution in [0.1, 0.15) is 24.8 Å². The summed E-state index contributed by atoms with van der Waals surface area (Å²) >= 11 is 0. The van der Waals surface area contributed by atoms with Gasteiger partial charge in [0.05, 0.1) is 0 Å². The third kappa shape index (κ3) is 2.82. The number of benzene rings is 1. The molecule has 2 nitrogen and oxygen atoms in total. The summed E-state index contributed by atoms with van der Waals surface area (Å²) in [5.74, 6) is 0.438. The molecule has 0 bridgehead atoms. The van der Waals surface area contributed by atoms with Crippen molar-refractivity contribution in [1.82, 2.24) is 5.32 Å². The van der Waals surface area contributed by atoms with Gasteiger partial charge in [0.15, 0.2) is 0 Å². The van der Waals surface area contributed by atoms with Gasteiger partial charge in [0.2, 0.25) is 0 Å². The van der Waals surface area contributed by atoms with Gasteiger partial charge < -0.3 is 10.4 Å². The van der Waals surface area contributed by atoms with Crippen LogP contribution in [-0.4, -0.2) is 24.8 Å². The number of aliphatic hydroxyl groups is 1. The highest BCUT2D eigenvalue weighted by atomic mass is 16.3. The summed E-state index contributed by atoms with van der Waals surface area (Å²) in [5, 5.41) is 12.2. The molecule has 0 fully saturated rings. The van der Waals surface area contributed by atoms with Crippen molar-refractivity contribution in [1.29, 1.82) is 0 Å². The minimum absolute atomic E-state index is 0.239. The Hall–Kier alpha value is -0.860. The van der Waals surface area contributed by atoms with E-state index >= 15 is 0 Å². The maximum atomic E-state index is 8.92. The second-order valence-electron chi connectivity index (χ2n) is 3.61. The zero-order chi connectivity index (χ0) is 10.4. The Morgan fingerprint density at radius 3 is 2.43 bits per heavy atom. The molecule has 0 aromatic heterocycles. The van der Waals surface area contributed by atoms with E-state index in [0.717, 1.165) is 6.42 Å². The minimum atomic E-state index is 0.239. The molecule has 2 atom stereocenters. The van der Waals surface area contributed by atoms with Gasteiger partial charge >= 0.3 is 0 Å². The summed E-state index contributed by atoms with van der Waals surface area (Å²) in [4.78, 5) is 0. The van der Waals surface area contributed by atoms with Crippen LogP contribution in [0.4, 0.5) is 0 Å². The fourth-order valence-electron chi connectivity index (χ4n) is 1.77. The number of hydrogen-bond donors (Lipinski definition) is 2. The molecule has 14 heavy (non-hydrogen) atoms. The number of aliphatic hydroxyl groups excluding tert-OH is 1. The molecule has 2 N–H and O–H groups in total. The van der Waals surface area contributed by atoms with Gasteiger partial charge in [-0.15, -0.1) is 0 Å². The zero-order valence-corrected chi connectivity index (χ0v) is 8.90. The van der Waals surface area contributed by atoms with E-state index in [1.807, 2.05) is 13.1 Å². The van der Waals surface area contributed by atoms with Crippen LogP contribution in [0.15, 0.2) is 30.3 Å². The first kappa shape index (κ1) is 11.2.